The molecule has 0 atom stereocenters. The highest BCUT2D eigenvalue weighted by Gasteiger charge is 2.17. The number of hydrogen-bond acceptors (Lipinski definition) is 5. The standard InChI is InChI=1S/C15H23NO.C11H13N3/c1-13-6-8-14(9-7-13)12-16-10-2-4-15-5-3-11-17-15;1-8-12-10-7-5-4-6-9(10)11(13-8)14(2)3/h2-5,11,13-14,16H,6-10,12H2,1H3;4-7H,1-3H3/b4-2+;. The predicted molar refractivity (Wildman–Crippen MR) is 130 cm³/mol. The van der Waals surface area contributed by atoms with Gasteiger partial charge in [0.1, 0.15) is 17.4 Å². The number of benzene rings is 1. The van der Waals surface area contributed by atoms with Gasteiger partial charge in [0.2, 0.25) is 0 Å². The molecule has 1 N–H and O–H groups in total. The zero-order valence-corrected chi connectivity index (χ0v) is 19.3. The monoisotopic (exact) mass is 420 g/mol. The number of rotatable bonds is 6. The Labute approximate surface area is 186 Å². The largest absolute Gasteiger partial charge is 0.465 e. The van der Waals surface area contributed by atoms with Gasteiger partial charge in [-0.05, 0) is 68.5 Å². The minimum Gasteiger partial charge on any atom is -0.465 e. The van der Waals surface area contributed by atoms with Gasteiger partial charge >= 0.3 is 0 Å². The quantitative estimate of drug-likeness (QED) is 0.517. The molecule has 1 aliphatic carbocycles. The minimum absolute atomic E-state index is 0.812. The van der Waals surface area contributed by atoms with Crippen LogP contribution in [0.1, 0.15) is 44.2 Å². The number of hydrogen-bond donors (Lipinski definition) is 1. The number of para-hydroxylation sites is 1. The van der Waals surface area contributed by atoms with Gasteiger partial charge in [-0.25, -0.2) is 9.97 Å². The zero-order valence-electron chi connectivity index (χ0n) is 19.3. The highest BCUT2D eigenvalue weighted by Crippen LogP contribution is 2.27. The molecule has 5 heteroatoms. The summed E-state index contributed by atoms with van der Waals surface area (Å²) in [5.74, 6) is 4.56. The van der Waals surface area contributed by atoms with Gasteiger partial charge in [-0.2, -0.15) is 0 Å². The van der Waals surface area contributed by atoms with E-state index in [1.807, 2.05) is 68.4 Å². The molecule has 0 amide bonds. The average molecular weight is 421 g/mol. The molecule has 0 spiro atoms. The van der Waals surface area contributed by atoms with Crippen LogP contribution in [0.3, 0.4) is 0 Å². The molecular weight excluding hydrogens is 384 g/mol. The van der Waals surface area contributed by atoms with E-state index in [1.165, 1.54) is 25.7 Å². The van der Waals surface area contributed by atoms with E-state index >= 15 is 0 Å². The third kappa shape index (κ3) is 7.21. The fourth-order valence-electron chi connectivity index (χ4n) is 3.98. The van der Waals surface area contributed by atoms with Gasteiger partial charge in [0.25, 0.3) is 0 Å². The lowest BCUT2D eigenvalue weighted by atomic mass is 9.83. The van der Waals surface area contributed by atoms with Crippen molar-refractivity contribution in [2.24, 2.45) is 11.8 Å². The average Bonchev–Trinajstić information content (AvgIpc) is 3.28. The van der Waals surface area contributed by atoms with E-state index in [0.29, 0.717) is 0 Å². The van der Waals surface area contributed by atoms with Crippen LogP contribution in [-0.4, -0.2) is 37.2 Å². The van der Waals surface area contributed by atoms with Gasteiger partial charge in [-0.15, -0.1) is 0 Å². The van der Waals surface area contributed by atoms with E-state index in [-0.39, 0.29) is 0 Å². The zero-order chi connectivity index (χ0) is 22.1. The molecule has 0 saturated heterocycles. The molecule has 3 aromatic rings. The van der Waals surface area contributed by atoms with E-state index in [9.17, 15) is 0 Å². The van der Waals surface area contributed by atoms with E-state index in [0.717, 1.165) is 53.2 Å². The van der Waals surface area contributed by atoms with Crippen molar-refractivity contribution in [1.82, 2.24) is 15.3 Å². The lowest BCUT2D eigenvalue weighted by molar-refractivity contribution is 0.284. The molecule has 0 aliphatic heterocycles. The van der Waals surface area contributed by atoms with E-state index in [4.69, 9.17) is 4.42 Å². The number of anilines is 1. The Morgan fingerprint density at radius 2 is 1.84 bits per heavy atom. The van der Waals surface area contributed by atoms with Crippen molar-refractivity contribution in [3.63, 3.8) is 0 Å². The fraction of sp³-hybridized carbons (Fsp3) is 0.462. The third-order valence-electron chi connectivity index (χ3n) is 5.77. The molecule has 166 valence electrons. The first kappa shape index (κ1) is 23.0. The van der Waals surface area contributed by atoms with Crippen molar-refractivity contribution in [2.45, 2.75) is 39.5 Å². The highest BCUT2D eigenvalue weighted by molar-refractivity contribution is 5.89. The molecule has 0 bridgehead atoms. The molecule has 1 aromatic carbocycles. The van der Waals surface area contributed by atoms with E-state index in [1.54, 1.807) is 6.26 Å². The molecular formula is C26H36N4O. The molecule has 31 heavy (non-hydrogen) atoms. The fourth-order valence-corrected chi connectivity index (χ4v) is 3.98. The number of furan rings is 1. The van der Waals surface area contributed by atoms with Gasteiger partial charge in [0, 0.05) is 26.0 Å². The Hall–Kier alpha value is -2.66. The molecule has 0 radical (unpaired) electrons. The van der Waals surface area contributed by atoms with Crippen LogP contribution in [-0.2, 0) is 0 Å². The Morgan fingerprint density at radius 3 is 2.55 bits per heavy atom. The predicted octanol–water partition coefficient (Wildman–Crippen LogP) is 5.71. The summed E-state index contributed by atoms with van der Waals surface area (Å²) in [4.78, 5) is 10.8. The maximum atomic E-state index is 5.23. The normalized spacial score (nSPS) is 18.7. The minimum atomic E-state index is 0.812. The van der Waals surface area contributed by atoms with Crippen LogP contribution in [0.25, 0.3) is 17.0 Å². The molecule has 5 nitrogen and oxygen atoms in total. The van der Waals surface area contributed by atoms with Crippen molar-refractivity contribution in [1.29, 1.82) is 0 Å². The summed E-state index contributed by atoms with van der Waals surface area (Å²) in [5.41, 5.74) is 1.00. The third-order valence-corrected chi connectivity index (χ3v) is 5.77. The van der Waals surface area contributed by atoms with E-state index < -0.39 is 0 Å². The van der Waals surface area contributed by atoms with Crippen molar-refractivity contribution in [3.05, 3.63) is 60.3 Å². The van der Waals surface area contributed by atoms with Crippen LogP contribution < -0.4 is 10.2 Å². The van der Waals surface area contributed by atoms with Crippen LogP contribution in [0.2, 0.25) is 0 Å². The van der Waals surface area contributed by atoms with Crippen molar-refractivity contribution >= 4 is 22.8 Å². The number of fused-ring (bicyclic) bond motifs is 1. The Balaban J connectivity index is 0.000000179. The van der Waals surface area contributed by atoms with Crippen LogP contribution in [0.4, 0.5) is 5.82 Å². The van der Waals surface area contributed by atoms with Crippen LogP contribution in [0.5, 0.6) is 0 Å². The Morgan fingerprint density at radius 1 is 1.06 bits per heavy atom. The summed E-state index contributed by atoms with van der Waals surface area (Å²) in [6.07, 6.45) is 11.5. The second-order valence-electron chi connectivity index (χ2n) is 8.71. The molecule has 2 heterocycles. The smallest absolute Gasteiger partial charge is 0.139 e. The first-order valence-electron chi connectivity index (χ1n) is 11.3. The summed E-state index contributed by atoms with van der Waals surface area (Å²) < 4.78 is 5.23. The SMILES string of the molecule is CC1CCC(CNC/C=C/c2ccco2)CC1.Cc1nc(N(C)C)c2ccccc2n1. The first-order chi connectivity index (χ1) is 15.0. The van der Waals surface area contributed by atoms with Crippen LogP contribution in [0.15, 0.2) is 53.2 Å². The lowest BCUT2D eigenvalue weighted by Crippen LogP contribution is -2.26. The van der Waals surface area contributed by atoms with Gasteiger partial charge in [0.15, 0.2) is 0 Å². The number of aryl methyl sites for hydroxylation is 1. The van der Waals surface area contributed by atoms with Crippen molar-refractivity contribution in [3.8, 4) is 0 Å². The summed E-state index contributed by atoms with van der Waals surface area (Å²) in [6, 6.07) is 11.9. The maximum absolute atomic E-state index is 5.23. The molecule has 1 fully saturated rings. The molecule has 0 unspecified atom stereocenters. The van der Waals surface area contributed by atoms with Crippen molar-refractivity contribution in [2.75, 3.05) is 32.1 Å². The second kappa shape index (κ2) is 11.7. The Bertz CT molecular complexity index is 941. The van der Waals surface area contributed by atoms with Crippen LogP contribution >= 0.6 is 0 Å². The Kier molecular flexibility index (Phi) is 8.65. The topological polar surface area (TPSA) is 54.2 Å². The summed E-state index contributed by atoms with van der Waals surface area (Å²) in [6.45, 7) is 6.39. The summed E-state index contributed by atoms with van der Waals surface area (Å²) >= 11 is 0. The van der Waals surface area contributed by atoms with Gasteiger partial charge in [0.05, 0.1) is 11.8 Å². The van der Waals surface area contributed by atoms with Gasteiger partial charge in [-0.3, -0.25) is 0 Å². The number of aromatic nitrogens is 2. The second-order valence-corrected chi connectivity index (χ2v) is 8.71. The number of nitrogens with zero attached hydrogens (tertiary/aromatic N) is 3. The molecule has 1 aliphatic rings. The summed E-state index contributed by atoms with van der Waals surface area (Å²) in [5, 5.41) is 4.60. The maximum Gasteiger partial charge on any atom is 0.139 e. The van der Waals surface area contributed by atoms with Gasteiger partial charge < -0.3 is 14.6 Å². The van der Waals surface area contributed by atoms with Gasteiger partial charge in [-0.1, -0.05) is 38.0 Å². The summed E-state index contributed by atoms with van der Waals surface area (Å²) in [7, 11) is 3.99. The number of nitrogens with one attached hydrogen (secondary N) is 1. The molecule has 4 rings (SSSR count). The van der Waals surface area contributed by atoms with E-state index in [2.05, 4.69) is 28.3 Å². The first-order valence-corrected chi connectivity index (χ1v) is 11.3. The lowest BCUT2D eigenvalue weighted by Gasteiger charge is -2.26. The highest BCUT2D eigenvalue weighted by atomic mass is 16.3. The molecule has 2 aromatic heterocycles. The van der Waals surface area contributed by atoms with Crippen molar-refractivity contribution < 1.29 is 4.42 Å². The molecule has 1 saturated carbocycles. The van der Waals surface area contributed by atoms with Crippen LogP contribution in [0, 0.1) is 18.8 Å².